The van der Waals surface area contributed by atoms with Crippen LogP contribution < -0.4 is 10.0 Å². The normalized spacial score (nSPS) is 13.6. The third kappa shape index (κ3) is 5.51. The second-order valence-corrected chi connectivity index (χ2v) is 10.2. The van der Waals surface area contributed by atoms with E-state index in [1.54, 1.807) is 38.1 Å². The average molecular weight is 495 g/mol. The standard InChI is InChI=1S/C25H26N4O5S/c1-15(2)22(25(31)32)29-35(33,34)19-13-9-17(10-14-19)16-7-11-18(12-8-16)26-24(30)23-27-20-5-3-4-6-21(20)28-23/h3-15,22,24,26,29-30H,1-2H3,(H,27,28)(H,31,32)/t22-,24?/m0/s1. The number of aliphatic hydroxyl groups is 1. The number of fused-ring (bicyclic) bond motifs is 1. The molecule has 1 unspecified atom stereocenters. The van der Waals surface area contributed by atoms with Gasteiger partial charge in [-0.2, -0.15) is 4.72 Å². The number of aliphatic carboxylic acids is 1. The van der Waals surface area contributed by atoms with Gasteiger partial charge in [-0.05, 0) is 53.4 Å². The molecule has 35 heavy (non-hydrogen) atoms. The van der Waals surface area contributed by atoms with Gasteiger partial charge in [0.25, 0.3) is 0 Å². The van der Waals surface area contributed by atoms with Crippen molar-refractivity contribution in [2.75, 3.05) is 5.32 Å². The van der Waals surface area contributed by atoms with E-state index >= 15 is 0 Å². The van der Waals surface area contributed by atoms with Crippen molar-refractivity contribution in [1.82, 2.24) is 14.7 Å². The molecule has 0 amide bonds. The van der Waals surface area contributed by atoms with Crippen LogP contribution in [0.1, 0.15) is 25.9 Å². The van der Waals surface area contributed by atoms with Crippen molar-refractivity contribution in [3.8, 4) is 11.1 Å². The first-order valence-electron chi connectivity index (χ1n) is 11.0. The molecule has 0 saturated heterocycles. The topological polar surface area (TPSA) is 144 Å². The molecule has 5 N–H and O–H groups in total. The molecule has 4 aromatic rings. The Morgan fingerprint density at radius 1 is 0.943 bits per heavy atom. The smallest absolute Gasteiger partial charge is 0.322 e. The number of hydrogen-bond donors (Lipinski definition) is 5. The van der Waals surface area contributed by atoms with Gasteiger partial charge in [-0.1, -0.05) is 50.2 Å². The van der Waals surface area contributed by atoms with Crippen molar-refractivity contribution in [3.05, 3.63) is 78.6 Å². The second-order valence-electron chi connectivity index (χ2n) is 8.47. The summed E-state index contributed by atoms with van der Waals surface area (Å²) in [6.45, 7) is 3.28. The molecule has 0 bridgehead atoms. The van der Waals surface area contributed by atoms with Gasteiger partial charge in [0, 0.05) is 5.69 Å². The summed E-state index contributed by atoms with van der Waals surface area (Å²) < 4.78 is 27.5. The summed E-state index contributed by atoms with van der Waals surface area (Å²) >= 11 is 0. The molecule has 3 aromatic carbocycles. The first kappa shape index (κ1) is 24.4. The largest absolute Gasteiger partial charge is 0.480 e. The lowest BCUT2D eigenvalue weighted by Gasteiger charge is -2.18. The zero-order valence-corrected chi connectivity index (χ0v) is 20.0. The third-order valence-electron chi connectivity index (χ3n) is 5.57. The maximum Gasteiger partial charge on any atom is 0.322 e. The Kier molecular flexibility index (Phi) is 6.88. The highest BCUT2D eigenvalue weighted by Gasteiger charge is 2.28. The zero-order chi connectivity index (χ0) is 25.2. The van der Waals surface area contributed by atoms with Gasteiger partial charge < -0.3 is 20.5 Å². The number of benzene rings is 3. The number of H-pyrrole nitrogens is 1. The number of nitrogens with zero attached hydrogens (tertiary/aromatic N) is 1. The fourth-order valence-corrected chi connectivity index (χ4v) is 4.96. The van der Waals surface area contributed by atoms with Gasteiger partial charge in [-0.25, -0.2) is 13.4 Å². The predicted octanol–water partition coefficient (Wildman–Crippen LogP) is 3.72. The van der Waals surface area contributed by atoms with E-state index in [0.29, 0.717) is 11.5 Å². The van der Waals surface area contributed by atoms with E-state index in [9.17, 15) is 23.4 Å². The van der Waals surface area contributed by atoms with Gasteiger partial charge in [0.05, 0.1) is 15.9 Å². The number of rotatable bonds is 9. The molecule has 9 nitrogen and oxygen atoms in total. The first-order chi connectivity index (χ1) is 16.6. The molecule has 2 atom stereocenters. The summed E-state index contributed by atoms with van der Waals surface area (Å²) in [5.41, 5.74) is 3.91. The van der Waals surface area contributed by atoms with E-state index in [-0.39, 0.29) is 4.90 Å². The van der Waals surface area contributed by atoms with Gasteiger partial charge in [-0.3, -0.25) is 4.79 Å². The van der Waals surface area contributed by atoms with Crippen LogP contribution in [0.25, 0.3) is 22.2 Å². The van der Waals surface area contributed by atoms with Crippen molar-refractivity contribution < 1.29 is 23.4 Å². The Labute approximate surface area is 202 Å². The number of carboxylic acid groups (broad SMARTS) is 1. The van der Waals surface area contributed by atoms with Crippen molar-refractivity contribution >= 4 is 32.7 Å². The number of hydrogen-bond acceptors (Lipinski definition) is 6. The summed E-state index contributed by atoms with van der Waals surface area (Å²) in [5.74, 6) is -1.22. The number of aromatic nitrogens is 2. The van der Waals surface area contributed by atoms with Crippen LogP contribution in [-0.2, 0) is 14.8 Å². The van der Waals surface area contributed by atoms with Crippen molar-refractivity contribution in [2.45, 2.75) is 31.0 Å². The van der Waals surface area contributed by atoms with Crippen molar-refractivity contribution in [1.29, 1.82) is 0 Å². The lowest BCUT2D eigenvalue weighted by molar-refractivity contribution is -0.140. The lowest BCUT2D eigenvalue weighted by Crippen LogP contribution is -2.44. The van der Waals surface area contributed by atoms with Gasteiger partial charge in [0.1, 0.15) is 6.04 Å². The average Bonchev–Trinajstić information content (AvgIpc) is 3.27. The van der Waals surface area contributed by atoms with Crippen LogP contribution in [0.2, 0.25) is 0 Å². The predicted molar refractivity (Wildman–Crippen MR) is 133 cm³/mol. The number of aliphatic hydroxyl groups excluding tert-OH is 1. The molecule has 182 valence electrons. The molecule has 0 radical (unpaired) electrons. The Balaban J connectivity index is 1.45. The Morgan fingerprint density at radius 3 is 2.11 bits per heavy atom. The summed E-state index contributed by atoms with van der Waals surface area (Å²) in [5, 5.41) is 22.8. The van der Waals surface area contributed by atoms with Crippen LogP contribution in [0.15, 0.2) is 77.7 Å². The van der Waals surface area contributed by atoms with Gasteiger partial charge in [-0.15, -0.1) is 0 Å². The van der Waals surface area contributed by atoms with Crippen LogP contribution in [0.3, 0.4) is 0 Å². The highest BCUT2D eigenvalue weighted by atomic mass is 32.2. The Hall–Kier alpha value is -3.73. The molecule has 0 saturated carbocycles. The monoisotopic (exact) mass is 494 g/mol. The van der Waals surface area contributed by atoms with Crippen molar-refractivity contribution in [3.63, 3.8) is 0 Å². The minimum atomic E-state index is -3.98. The number of aromatic amines is 1. The summed E-state index contributed by atoms with van der Waals surface area (Å²) in [6, 6.07) is 19.8. The molecule has 1 aromatic heterocycles. The number of para-hydroxylation sites is 2. The van der Waals surface area contributed by atoms with Crippen molar-refractivity contribution in [2.24, 2.45) is 5.92 Å². The molecular weight excluding hydrogens is 468 g/mol. The maximum atomic E-state index is 12.6. The molecule has 4 rings (SSSR count). The number of sulfonamides is 1. The molecular formula is C25H26N4O5S. The number of carboxylic acids is 1. The second kappa shape index (κ2) is 9.87. The minimum absolute atomic E-state index is 0.0135. The van der Waals surface area contributed by atoms with Crippen LogP contribution in [0, 0.1) is 5.92 Å². The molecule has 0 spiro atoms. The first-order valence-corrected chi connectivity index (χ1v) is 12.5. The van der Waals surface area contributed by atoms with E-state index < -0.39 is 34.2 Å². The van der Waals surface area contributed by atoms with Crippen LogP contribution in [-0.4, -0.2) is 40.6 Å². The maximum absolute atomic E-state index is 12.6. The van der Waals surface area contributed by atoms with E-state index in [4.69, 9.17) is 0 Å². The SMILES string of the molecule is CC(C)[C@H](NS(=O)(=O)c1ccc(-c2ccc(NC(O)c3nc4ccccc4[nH]3)cc2)cc1)C(=O)O. The van der Waals surface area contributed by atoms with Crippen LogP contribution in [0.4, 0.5) is 5.69 Å². The van der Waals surface area contributed by atoms with E-state index in [1.165, 1.54) is 12.1 Å². The number of carbonyl (C=O) groups is 1. The number of anilines is 1. The Bertz CT molecular complexity index is 1400. The fourth-order valence-electron chi connectivity index (χ4n) is 3.62. The Morgan fingerprint density at radius 2 is 1.54 bits per heavy atom. The highest BCUT2D eigenvalue weighted by Crippen LogP contribution is 2.25. The lowest BCUT2D eigenvalue weighted by atomic mass is 10.1. The van der Waals surface area contributed by atoms with E-state index in [1.807, 2.05) is 36.4 Å². The van der Waals surface area contributed by atoms with E-state index in [2.05, 4.69) is 20.0 Å². The van der Waals surface area contributed by atoms with Crippen LogP contribution in [0.5, 0.6) is 0 Å². The highest BCUT2D eigenvalue weighted by molar-refractivity contribution is 7.89. The third-order valence-corrected chi connectivity index (χ3v) is 7.02. The molecule has 0 aliphatic rings. The molecule has 0 fully saturated rings. The summed E-state index contributed by atoms with van der Waals surface area (Å²) in [6.07, 6.45) is -1.02. The molecule has 0 aliphatic heterocycles. The van der Waals surface area contributed by atoms with Gasteiger partial charge in [0.15, 0.2) is 12.1 Å². The number of nitrogens with one attached hydrogen (secondary N) is 3. The number of imidazole rings is 1. The summed E-state index contributed by atoms with van der Waals surface area (Å²) in [4.78, 5) is 18.8. The van der Waals surface area contributed by atoms with Crippen LogP contribution >= 0.6 is 0 Å². The molecule has 1 heterocycles. The zero-order valence-electron chi connectivity index (χ0n) is 19.1. The van der Waals surface area contributed by atoms with E-state index in [0.717, 1.165) is 22.2 Å². The quantitative estimate of drug-likeness (QED) is 0.223. The minimum Gasteiger partial charge on any atom is -0.480 e. The summed E-state index contributed by atoms with van der Waals surface area (Å²) in [7, 11) is -3.98. The van der Waals surface area contributed by atoms with Gasteiger partial charge in [0.2, 0.25) is 10.0 Å². The molecule has 0 aliphatic carbocycles. The molecule has 10 heteroatoms. The fraction of sp³-hybridized carbons (Fsp3) is 0.200. The van der Waals surface area contributed by atoms with Gasteiger partial charge >= 0.3 is 5.97 Å².